The highest BCUT2D eigenvalue weighted by atomic mass is 32.1. The maximum absolute atomic E-state index is 13.2. The molecule has 1 amide bonds. The number of aromatic nitrogens is 1. The molecule has 1 aromatic carbocycles. The van der Waals surface area contributed by atoms with Gasteiger partial charge in [-0.15, -0.1) is 11.3 Å². The van der Waals surface area contributed by atoms with Crippen LogP contribution in [0.3, 0.4) is 0 Å². The second kappa shape index (κ2) is 8.73. The number of pyridine rings is 1. The van der Waals surface area contributed by atoms with Crippen LogP contribution in [0.15, 0.2) is 29.1 Å². The molecule has 0 bridgehead atoms. The maximum atomic E-state index is 13.2. The zero-order valence-corrected chi connectivity index (χ0v) is 18.2. The van der Waals surface area contributed by atoms with Gasteiger partial charge in [-0.3, -0.25) is 19.3 Å². The van der Waals surface area contributed by atoms with E-state index in [-0.39, 0.29) is 11.5 Å². The van der Waals surface area contributed by atoms with E-state index in [1.165, 1.54) is 18.4 Å². The quantitative estimate of drug-likeness (QED) is 0.557. The second-order valence-electron chi connectivity index (χ2n) is 7.13. The highest BCUT2D eigenvalue weighted by molar-refractivity contribution is 7.22. The molecule has 0 atom stereocenters. The van der Waals surface area contributed by atoms with Gasteiger partial charge in [0.15, 0.2) is 5.75 Å². The predicted octanol–water partition coefficient (Wildman–Crippen LogP) is 2.10. The minimum atomic E-state index is -0.341. The van der Waals surface area contributed by atoms with Crippen LogP contribution in [-0.2, 0) is 16.6 Å². The van der Waals surface area contributed by atoms with Gasteiger partial charge in [-0.2, -0.15) is 0 Å². The van der Waals surface area contributed by atoms with Crippen LogP contribution in [-0.4, -0.2) is 74.0 Å². The topological polar surface area (TPSA) is 73.2 Å². The number of thiophene rings is 1. The maximum Gasteiger partial charge on any atom is 0.291 e. The first kappa shape index (κ1) is 20.8. The van der Waals surface area contributed by atoms with Crippen molar-refractivity contribution in [3.05, 3.63) is 39.5 Å². The average Bonchev–Trinajstić information content (AvgIpc) is 3.17. The van der Waals surface area contributed by atoms with Crippen LogP contribution in [0.1, 0.15) is 9.67 Å². The predicted molar refractivity (Wildman–Crippen MR) is 116 cm³/mol. The van der Waals surface area contributed by atoms with Gasteiger partial charge in [0.05, 0.1) is 30.5 Å². The van der Waals surface area contributed by atoms with E-state index in [9.17, 15) is 9.59 Å². The van der Waals surface area contributed by atoms with Crippen molar-refractivity contribution in [1.82, 2.24) is 14.5 Å². The SMILES string of the molecule is CON(C)C(=O)c1sc2c(c1OCCN1CCOCC1)c(=O)n(C)c1ccccc21. The molecule has 9 heteroatoms. The molecule has 0 unspecified atom stereocenters. The van der Waals surface area contributed by atoms with Crippen LogP contribution in [0.5, 0.6) is 5.75 Å². The summed E-state index contributed by atoms with van der Waals surface area (Å²) in [6.45, 7) is 4.17. The molecule has 1 saturated heterocycles. The molecule has 0 saturated carbocycles. The third-order valence-corrected chi connectivity index (χ3v) is 6.60. The number of benzene rings is 1. The number of para-hydroxylation sites is 1. The van der Waals surface area contributed by atoms with Gasteiger partial charge in [-0.05, 0) is 6.07 Å². The van der Waals surface area contributed by atoms with Crippen molar-refractivity contribution in [2.24, 2.45) is 7.05 Å². The summed E-state index contributed by atoms with van der Waals surface area (Å²) < 4.78 is 13.8. The molecule has 8 nitrogen and oxygen atoms in total. The highest BCUT2D eigenvalue weighted by Crippen LogP contribution is 2.40. The number of hydroxylamine groups is 2. The lowest BCUT2D eigenvalue weighted by Gasteiger charge is -2.26. The molecule has 0 radical (unpaired) electrons. The molecular weight excluding hydrogens is 406 g/mol. The highest BCUT2D eigenvalue weighted by Gasteiger charge is 2.27. The molecule has 160 valence electrons. The second-order valence-corrected chi connectivity index (χ2v) is 8.15. The number of nitrogens with zero attached hydrogens (tertiary/aromatic N) is 3. The van der Waals surface area contributed by atoms with Crippen molar-refractivity contribution >= 4 is 38.2 Å². The average molecular weight is 432 g/mol. The molecular formula is C21H25N3O5S. The number of hydrogen-bond donors (Lipinski definition) is 0. The van der Waals surface area contributed by atoms with E-state index in [1.807, 2.05) is 24.3 Å². The fraction of sp³-hybridized carbons (Fsp3) is 0.429. The number of rotatable bonds is 6. The van der Waals surface area contributed by atoms with E-state index in [0.717, 1.165) is 33.8 Å². The minimum absolute atomic E-state index is 0.180. The molecule has 3 heterocycles. The smallest absolute Gasteiger partial charge is 0.291 e. The summed E-state index contributed by atoms with van der Waals surface area (Å²) in [4.78, 5) is 33.9. The first-order chi connectivity index (χ1) is 14.5. The summed E-state index contributed by atoms with van der Waals surface area (Å²) in [5, 5.41) is 2.50. The van der Waals surface area contributed by atoms with E-state index >= 15 is 0 Å². The molecule has 0 aliphatic carbocycles. The van der Waals surface area contributed by atoms with E-state index in [2.05, 4.69) is 4.90 Å². The van der Waals surface area contributed by atoms with Crippen LogP contribution in [0, 0.1) is 0 Å². The molecule has 1 fully saturated rings. The Kier molecular flexibility index (Phi) is 6.05. The third-order valence-electron chi connectivity index (χ3n) is 5.40. The zero-order valence-electron chi connectivity index (χ0n) is 17.3. The van der Waals surface area contributed by atoms with Crippen molar-refractivity contribution in [2.75, 3.05) is 53.6 Å². The lowest BCUT2D eigenvalue weighted by Crippen LogP contribution is -2.38. The number of hydrogen-bond acceptors (Lipinski definition) is 7. The van der Waals surface area contributed by atoms with Crippen molar-refractivity contribution in [2.45, 2.75) is 0 Å². The lowest BCUT2D eigenvalue weighted by molar-refractivity contribution is -0.0755. The largest absolute Gasteiger partial charge is 0.490 e. The summed E-state index contributed by atoms with van der Waals surface area (Å²) in [5.41, 5.74) is 0.635. The summed E-state index contributed by atoms with van der Waals surface area (Å²) in [6.07, 6.45) is 0. The van der Waals surface area contributed by atoms with Crippen LogP contribution in [0.25, 0.3) is 21.0 Å². The van der Waals surface area contributed by atoms with Gasteiger partial charge < -0.3 is 14.0 Å². The summed E-state index contributed by atoms with van der Waals surface area (Å²) >= 11 is 1.27. The van der Waals surface area contributed by atoms with E-state index in [0.29, 0.717) is 42.4 Å². The Hall–Kier alpha value is -2.46. The van der Waals surface area contributed by atoms with Crippen LogP contribution >= 0.6 is 11.3 Å². The van der Waals surface area contributed by atoms with Crippen LogP contribution in [0.4, 0.5) is 0 Å². The van der Waals surface area contributed by atoms with Crippen molar-refractivity contribution in [3.8, 4) is 5.75 Å². The Morgan fingerprint density at radius 2 is 2.00 bits per heavy atom. The number of fused-ring (bicyclic) bond motifs is 3. The van der Waals surface area contributed by atoms with Crippen LogP contribution in [0.2, 0.25) is 0 Å². The van der Waals surface area contributed by atoms with Crippen LogP contribution < -0.4 is 10.3 Å². The Balaban J connectivity index is 1.80. The summed E-state index contributed by atoms with van der Waals surface area (Å²) in [5.74, 6) is -0.00489. The fourth-order valence-corrected chi connectivity index (χ4v) is 4.88. The molecule has 0 spiro atoms. The fourth-order valence-electron chi connectivity index (χ4n) is 3.64. The van der Waals surface area contributed by atoms with Gasteiger partial charge >= 0.3 is 0 Å². The first-order valence-corrected chi connectivity index (χ1v) is 10.6. The Morgan fingerprint density at radius 3 is 2.73 bits per heavy atom. The summed E-state index contributed by atoms with van der Waals surface area (Å²) in [7, 11) is 4.71. The third kappa shape index (κ3) is 3.69. The molecule has 0 N–H and O–H groups in total. The van der Waals surface area contributed by atoms with E-state index < -0.39 is 0 Å². The van der Waals surface area contributed by atoms with Gasteiger partial charge in [0.2, 0.25) is 0 Å². The number of ether oxygens (including phenoxy) is 2. The van der Waals surface area contributed by atoms with E-state index in [4.69, 9.17) is 14.3 Å². The monoisotopic (exact) mass is 431 g/mol. The van der Waals surface area contributed by atoms with Crippen molar-refractivity contribution in [1.29, 1.82) is 0 Å². The normalized spacial score (nSPS) is 15.0. The number of amides is 1. The Labute approximate surface area is 178 Å². The number of morpholine rings is 1. The molecule has 2 aromatic heterocycles. The van der Waals surface area contributed by atoms with E-state index in [1.54, 1.807) is 18.7 Å². The van der Waals surface area contributed by atoms with Gasteiger partial charge in [-0.1, -0.05) is 18.2 Å². The Morgan fingerprint density at radius 1 is 1.27 bits per heavy atom. The summed E-state index contributed by atoms with van der Waals surface area (Å²) in [6, 6.07) is 7.68. The first-order valence-electron chi connectivity index (χ1n) is 9.82. The molecule has 1 aliphatic rings. The van der Waals surface area contributed by atoms with Crippen molar-refractivity contribution < 1.29 is 19.1 Å². The number of carbonyl (C=O) groups excluding carboxylic acids is 1. The zero-order chi connectivity index (χ0) is 21.3. The molecule has 30 heavy (non-hydrogen) atoms. The standard InChI is InChI=1S/C21H25N3O5S/c1-22-15-7-5-4-6-14(15)18-16(20(22)25)17(19(30-18)21(26)23(2)27-3)29-13-10-24-8-11-28-12-9-24/h4-7H,8-13H2,1-3H3. The lowest BCUT2D eigenvalue weighted by atomic mass is 10.1. The molecule has 4 rings (SSSR count). The molecule has 1 aliphatic heterocycles. The van der Waals surface area contributed by atoms with Gasteiger partial charge in [0.25, 0.3) is 11.5 Å². The number of aryl methyl sites for hydroxylation is 1. The van der Waals surface area contributed by atoms with Crippen molar-refractivity contribution in [3.63, 3.8) is 0 Å². The molecule has 3 aromatic rings. The van der Waals surface area contributed by atoms with Gasteiger partial charge in [0, 0.05) is 39.1 Å². The minimum Gasteiger partial charge on any atom is -0.490 e. The Bertz CT molecular complexity index is 1130. The van der Waals surface area contributed by atoms with Gasteiger partial charge in [-0.25, -0.2) is 5.06 Å². The van der Waals surface area contributed by atoms with Gasteiger partial charge in [0.1, 0.15) is 16.9 Å². The number of carbonyl (C=O) groups is 1.